The summed E-state index contributed by atoms with van der Waals surface area (Å²) in [6, 6.07) is 7.18. The molecule has 17 heavy (non-hydrogen) atoms. The van der Waals surface area contributed by atoms with Gasteiger partial charge in [-0.1, -0.05) is 6.07 Å². The molecule has 2 aliphatic rings. The van der Waals surface area contributed by atoms with E-state index in [-0.39, 0.29) is 4.87 Å². The van der Waals surface area contributed by atoms with Gasteiger partial charge < -0.3 is 4.74 Å². The Labute approximate surface area is 107 Å². The number of nitrogens with one attached hydrogen (secondary N) is 1. The lowest BCUT2D eigenvalue weighted by molar-refractivity contribution is 0.398. The summed E-state index contributed by atoms with van der Waals surface area (Å²) >= 11 is 2.08. The first-order chi connectivity index (χ1) is 8.23. The van der Waals surface area contributed by atoms with Crippen LogP contribution in [0.3, 0.4) is 0 Å². The molecule has 2 nitrogen and oxygen atoms in total. The summed E-state index contributed by atoms with van der Waals surface area (Å²) in [6.07, 6.45) is 3.71. The Morgan fingerprint density at radius 3 is 3.06 bits per heavy atom. The summed E-state index contributed by atoms with van der Waals surface area (Å²) in [7, 11) is 1.74. The number of hydrogen-bond donors (Lipinski definition) is 1. The van der Waals surface area contributed by atoms with Gasteiger partial charge in [-0.05, 0) is 49.4 Å². The number of benzene rings is 1. The SMILES string of the molecule is COc1ccc2c(c1)CCCC21NC(C)CS1. The van der Waals surface area contributed by atoms with Crippen LogP contribution in [-0.2, 0) is 11.3 Å². The fourth-order valence-corrected chi connectivity index (χ4v) is 4.55. The second-order valence-corrected chi connectivity index (χ2v) is 6.38. The number of fused-ring (bicyclic) bond motifs is 2. The Hall–Kier alpha value is -0.670. The number of thioether (sulfide) groups is 1. The van der Waals surface area contributed by atoms with Crippen LogP contribution in [0.1, 0.15) is 30.9 Å². The van der Waals surface area contributed by atoms with Gasteiger partial charge in [-0.3, -0.25) is 5.32 Å². The van der Waals surface area contributed by atoms with Gasteiger partial charge in [0.15, 0.2) is 0 Å². The number of hydrogen-bond acceptors (Lipinski definition) is 3. The third-order valence-electron chi connectivity index (χ3n) is 3.78. The lowest BCUT2D eigenvalue weighted by Crippen LogP contribution is -2.40. The highest BCUT2D eigenvalue weighted by Gasteiger charge is 2.42. The smallest absolute Gasteiger partial charge is 0.119 e. The van der Waals surface area contributed by atoms with E-state index in [9.17, 15) is 0 Å². The lowest BCUT2D eigenvalue weighted by Gasteiger charge is -2.36. The number of aryl methyl sites for hydroxylation is 1. The zero-order valence-electron chi connectivity index (χ0n) is 10.5. The molecule has 0 amide bonds. The van der Waals surface area contributed by atoms with Crippen molar-refractivity contribution >= 4 is 11.8 Å². The zero-order chi connectivity index (χ0) is 11.9. The molecular weight excluding hydrogens is 230 g/mol. The molecule has 2 unspecified atom stereocenters. The first-order valence-corrected chi connectivity index (χ1v) is 7.31. The van der Waals surface area contributed by atoms with Gasteiger partial charge >= 0.3 is 0 Å². The molecule has 0 aromatic heterocycles. The largest absolute Gasteiger partial charge is 0.497 e. The van der Waals surface area contributed by atoms with Crippen LogP contribution < -0.4 is 10.1 Å². The molecule has 1 fully saturated rings. The molecule has 1 heterocycles. The van der Waals surface area contributed by atoms with Crippen LogP contribution >= 0.6 is 11.8 Å². The fourth-order valence-electron chi connectivity index (χ4n) is 3.01. The monoisotopic (exact) mass is 249 g/mol. The van der Waals surface area contributed by atoms with Crippen molar-refractivity contribution in [3.63, 3.8) is 0 Å². The van der Waals surface area contributed by atoms with Crippen molar-refractivity contribution in [2.45, 2.75) is 37.1 Å². The van der Waals surface area contributed by atoms with E-state index in [0.29, 0.717) is 6.04 Å². The van der Waals surface area contributed by atoms with Crippen LogP contribution in [0.2, 0.25) is 0 Å². The van der Waals surface area contributed by atoms with E-state index >= 15 is 0 Å². The molecule has 0 saturated carbocycles. The highest BCUT2D eigenvalue weighted by Crippen LogP contribution is 2.48. The predicted octanol–water partition coefficient (Wildman–Crippen LogP) is 2.91. The van der Waals surface area contributed by atoms with Crippen molar-refractivity contribution in [3.8, 4) is 5.75 Å². The maximum absolute atomic E-state index is 5.33. The molecule has 1 aromatic rings. The van der Waals surface area contributed by atoms with Gasteiger partial charge in [0.2, 0.25) is 0 Å². The van der Waals surface area contributed by atoms with Crippen LogP contribution in [0.25, 0.3) is 0 Å². The van der Waals surface area contributed by atoms with E-state index in [0.717, 1.165) is 5.75 Å². The summed E-state index contributed by atoms with van der Waals surface area (Å²) in [5, 5.41) is 3.78. The van der Waals surface area contributed by atoms with E-state index in [1.807, 2.05) is 0 Å². The molecule has 3 rings (SSSR count). The van der Waals surface area contributed by atoms with Gasteiger partial charge in [0, 0.05) is 11.8 Å². The van der Waals surface area contributed by atoms with E-state index < -0.39 is 0 Å². The second-order valence-electron chi connectivity index (χ2n) is 5.06. The first kappa shape index (κ1) is 11.4. The molecule has 1 saturated heterocycles. The molecule has 3 heteroatoms. The second kappa shape index (κ2) is 4.21. The Morgan fingerprint density at radius 1 is 1.47 bits per heavy atom. The quantitative estimate of drug-likeness (QED) is 0.827. The third-order valence-corrected chi connectivity index (χ3v) is 5.48. The molecular formula is C14H19NOS. The highest BCUT2D eigenvalue weighted by atomic mass is 32.2. The maximum Gasteiger partial charge on any atom is 0.119 e. The molecule has 0 bridgehead atoms. The minimum absolute atomic E-state index is 0.180. The fraction of sp³-hybridized carbons (Fsp3) is 0.571. The Kier molecular flexibility index (Phi) is 2.83. The van der Waals surface area contributed by atoms with Gasteiger partial charge in [0.25, 0.3) is 0 Å². The van der Waals surface area contributed by atoms with Crippen molar-refractivity contribution in [3.05, 3.63) is 29.3 Å². The van der Waals surface area contributed by atoms with Crippen molar-refractivity contribution in [1.82, 2.24) is 5.32 Å². The van der Waals surface area contributed by atoms with E-state index in [1.165, 1.54) is 36.1 Å². The molecule has 1 N–H and O–H groups in total. The molecule has 2 atom stereocenters. The predicted molar refractivity (Wildman–Crippen MR) is 72.7 cm³/mol. The number of rotatable bonds is 1. The van der Waals surface area contributed by atoms with Crippen molar-refractivity contribution < 1.29 is 4.74 Å². The van der Waals surface area contributed by atoms with E-state index in [2.05, 4.69) is 42.2 Å². The maximum atomic E-state index is 5.33. The van der Waals surface area contributed by atoms with Gasteiger partial charge in [0.05, 0.1) is 12.0 Å². The zero-order valence-corrected chi connectivity index (χ0v) is 11.3. The summed E-state index contributed by atoms with van der Waals surface area (Å²) in [4.78, 5) is 0.180. The molecule has 1 aliphatic carbocycles. The summed E-state index contributed by atoms with van der Waals surface area (Å²) in [6.45, 7) is 2.28. The number of ether oxygens (including phenoxy) is 1. The number of methoxy groups -OCH3 is 1. The van der Waals surface area contributed by atoms with Crippen LogP contribution in [-0.4, -0.2) is 18.9 Å². The van der Waals surface area contributed by atoms with Gasteiger partial charge in [-0.2, -0.15) is 0 Å². The Bertz CT molecular complexity index is 434. The molecule has 1 aromatic carbocycles. The van der Waals surface area contributed by atoms with Gasteiger partial charge in [0.1, 0.15) is 5.75 Å². The Morgan fingerprint density at radius 2 is 2.35 bits per heavy atom. The third kappa shape index (κ3) is 1.85. The average Bonchev–Trinajstić information content (AvgIpc) is 2.71. The lowest BCUT2D eigenvalue weighted by atomic mass is 9.86. The van der Waals surface area contributed by atoms with Crippen LogP contribution in [0, 0.1) is 0 Å². The van der Waals surface area contributed by atoms with Crippen molar-refractivity contribution in [2.24, 2.45) is 0 Å². The van der Waals surface area contributed by atoms with E-state index in [1.54, 1.807) is 7.11 Å². The topological polar surface area (TPSA) is 21.3 Å². The Balaban J connectivity index is 2.02. The highest BCUT2D eigenvalue weighted by molar-refractivity contribution is 8.00. The minimum atomic E-state index is 0.180. The summed E-state index contributed by atoms with van der Waals surface area (Å²) in [5.41, 5.74) is 2.95. The average molecular weight is 249 g/mol. The minimum Gasteiger partial charge on any atom is -0.497 e. The summed E-state index contributed by atoms with van der Waals surface area (Å²) in [5.74, 6) is 2.20. The molecule has 92 valence electrons. The van der Waals surface area contributed by atoms with Crippen LogP contribution in [0.15, 0.2) is 18.2 Å². The summed E-state index contributed by atoms with van der Waals surface area (Å²) < 4.78 is 5.33. The standard InChI is InChI=1S/C14H19NOS/c1-10-9-17-14(15-10)7-3-4-11-8-12(16-2)5-6-13(11)14/h5-6,8,10,15H,3-4,7,9H2,1-2H3. The first-order valence-electron chi connectivity index (χ1n) is 6.32. The van der Waals surface area contributed by atoms with Crippen LogP contribution in [0.4, 0.5) is 0 Å². The van der Waals surface area contributed by atoms with Crippen LogP contribution in [0.5, 0.6) is 5.75 Å². The van der Waals surface area contributed by atoms with E-state index in [4.69, 9.17) is 4.74 Å². The molecule has 1 spiro atoms. The normalized spacial score (nSPS) is 31.5. The molecule has 0 radical (unpaired) electrons. The molecule has 1 aliphatic heterocycles. The van der Waals surface area contributed by atoms with Crippen molar-refractivity contribution in [2.75, 3.05) is 12.9 Å². The van der Waals surface area contributed by atoms with Gasteiger partial charge in [-0.15, -0.1) is 11.8 Å². The van der Waals surface area contributed by atoms with Gasteiger partial charge in [-0.25, -0.2) is 0 Å². The van der Waals surface area contributed by atoms with Crippen molar-refractivity contribution in [1.29, 1.82) is 0 Å².